The summed E-state index contributed by atoms with van der Waals surface area (Å²) in [6.45, 7) is 5.73. The highest BCUT2D eigenvalue weighted by Crippen LogP contribution is 2.20. The summed E-state index contributed by atoms with van der Waals surface area (Å²) in [5, 5.41) is 2.81. The van der Waals surface area contributed by atoms with Crippen LogP contribution in [0.15, 0.2) is 53.0 Å². The number of carbonyl (C=O) groups is 2. The molecule has 0 spiro atoms. The molecule has 0 saturated carbocycles. The van der Waals surface area contributed by atoms with Gasteiger partial charge in [-0.05, 0) is 55.7 Å². The zero-order valence-electron chi connectivity index (χ0n) is 18.8. The highest BCUT2D eigenvalue weighted by molar-refractivity contribution is 9.10. The van der Waals surface area contributed by atoms with Crippen molar-refractivity contribution in [3.63, 3.8) is 0 Å². The monoisotopic (exact) mass is 523 g/mol. The van der Waals surface area contributed by atoms with Gasteiger partial charge in [-0.25, -0.2) is 8.42 Å². The molecule has 9 heteroatoms. The van der Waals surface area contributed by atoms with E-state index in [9.17, 15) is 18.0 Å². The fourth-order valence-electron chi connectivity index (χ4n) is 3.16. The maximum Gasteiger partial charge on any atom is 0.244 e. The molecule has 1 N–H and O–H groups in total. The van der Waals surface area contributed by atoms with Gasteiger partial charge in [-0.1, -0.05) is 47.1 Å². The molecule has 0 saturated heterocycles. The van der Waals surface area contributed by atoms with E-state index in [0.29, 0.717) is 12.2 Å². The van der Waals surface area contributed by atoms with Crippen molar-refractivity contribution in [1.29, 1.82) is 0 Å². The van der Waals surface area contributed by atoms with Gasteiger partial charge in [0, 0.05) is 17.6 Å². The smallest absolute Gasteiger partial charge is 0.244 e. The third-order valence-electron chi connectivity index (χ3n) is 4.95. The van der Waals surface area contributed by atoms with Crippen LogP contribution >= 0.6 is 15.9 Å². The third-order valence-corrected chi connectivity index (χ3v) is 6.62. The molecule has 0 aliphatic heterocycles. The van der Waals surface area contributed by atoms with E-state index in [1.807, 2.05) is 44.2 Å². The van der Waals surface area contributed by atoms with Crippen LogP contribution in [0.5, 0.6) is 0 Å². The lowest BCUT2D eigenvalue weighted by Crippen LogP contribution is -2.51. The van der Waals surface area contributed by atoms with Crippen LogP contribution in [0.25, 0.3) is 0 Å². The summed E-state index contributed by atoms with van der Waals surface area (Å²) < 4.78 is 27.0. The Morgan fingerprint density at radius 1 is 1.12 bits per heavy atom. The minimum atomic E-state index is -3.72. The number of hydrogen-bond acceptors (Lipinski definition) is 4. The van der Waals surface area contributed by atoms with E-state index in [1.54, 1.807) is 25.1 Å². The lowest BCUT2D eigenvalue weighted by Gasteiger charge is -2.31. The minimum Gasteiger partial charge on any atom is -0.354 e. The van der Waals surface area contributed by atoms with Gasteiger partial charge in [0.05, 0.1) is 11.9 Å². The lowest BCUT2D eigenvalue weighted by atomic mass is 10.1. The number of carbonyl (C=O) groups excluding carboxylic acids is 2. The summed E-state index contributed by atoms with van der Waals surface area (Å²) in [7, 11) is -3.72. The highest BCUT2D eigenvalue weighted by atomic mass is 79.9. The first-order chi connectivity index (χ1) is 15.0. The molecule has 0 radical (unpaired) electrons. The van der Waals surface area contributed by atoms with Crippen LogP contribution in [0.1, 0.15) is 31.4 Å². The number of rotatable bonds is 10. The Hall–Kier alpha value is -2.39. The molecule has 0 unspecified atom stereocenters. The number of benzene rings is 2. The molecule has 7 nitrogen and oxygen atoms in total. The summed E-state index contributed by atoms with van der Waals surface area (Å²) >= 11 is 3.39. The maximum absolute atomic E-state index is 13.4. The first kappa shape index (κ1) is 25.9. The van der Waals surface area contributed by atoms with E-state index >= 15 is 0 Å². The minimum absolute atomic E-state index is 0.179. The lowest BCUT2D eigenvalue weighted by molar-refractivity contribution is -0.139. The standard InChI is InChI=1S/C23H30BrN3O4S/c1-5-13-25-23(29)18(3)26(15-19-9-11-20(24)12-10-19)22(28)16-27(32(4,30)31)21-8-6-7-17(2)14-21/h6-12,14,18H,5,13,15-16H2,1-4H3,(H,25,29)/t18-/m1/s1. The molecule has 1 atom stereocenters. The SMILES string of the molecule is CCCNC(=O)[C@@H](C)N(Cc1ccc(Br)cc1)C(=O)CN(c1cccc(C)c1)S(C)(=O)=O. The molecule has 32 heavy (non-hydrogen) atoms. The summed E-state index contributed by atoms with van der Waals surface area (Å²) in [4.78, 5) is 27.4. The second-order valence-electron chi connectivity index (χ2n) is 7.72. The van der Waals surface area contributed by atoms with Gasteiger partial charge in [0.2, 0.25) is 21.8 Å². The van der Waals surface area contributed by atoms with Crippen LogP contribution in [0.3, 0.4) is 0 Å². The Labute approximate surface area is 199 Å². The van der Waals surface area contributed by atoms with Gasteiger partial charge < -0.3 is 10.2 Å². The largest absolute Gasteiger partial charge is 0.354 e. The Kier molecular flexibility index (Phi) is 9.27. The molecule has 2 amide bonds. The number of sulfonamides is 1. The predicted octanol–water partition coefficient (Wildman–Crippen LogP) is 3.47. The van der Waals surface area contributed by atoms with Crippen molar-refractivity contribution in [1.82, 2.24) is 10.2 Å². The van der Waals surface area contributed by atoms with Crippen molar-refractivity contribution in [3.05, 3.63) is 64.1 Å². The van der Waals surface area contributed by atoms with Crippen LogP contribution in [0.4, 0.5) is 5.69 Å². The predicted molar refractivity (Wildman–Crippen MR) is 131 cm³/mol. The summed E-state index contributed by atoms with van der Waals surface area (Å²) in [5.41, 5.74) is 2.12. The molecular weight excluding hydrogens is 494 g/mol. The second kappa shape index (κ2) is 11.5. The van der Waals surface area contributed by atoms with Crippen molar-refractivity contribution < 1.29 is 18.0 Å². The first-order valence-electron chi connectivity index (χ1n) is 10.4. The molecule has 2 rings (SSSR count). The summed E-state index contributed by atoms with van der Waals surface area (Å²) in [5.74, 6) is -0.738. The fourth-order valence-corrected chi connectivity index (χ4v) is 4.27. The van der Waals surface area contributed by atoms with E-state index in [4.69, 9.17) is 0 Å². The van der Waals surface area contributed by atoms with Crippen molar-refractivity contribution in [2.24, 2.45) is 0 Å². The van der Waals surface area contributed by atoms with Crippen LogP contribution in [-0.4, -0.2) is 50.5 Å². The first-order valence-corrected chi connectivity index (χ1v) is 13.0. The maximum atomic E-state index is 13.4. The molecule has 0 aliphatic rings. The van der Waals surface area contributed by atoms with Gasteiger partial charge in [0.25, 0.3) is 0 Å². The van der Waals surface area contributed by atoms with Gasteiger partial charge in [-0.15, -0.1) is 0 Å². The van der Waals surface area contributed by atoms with Crippen LogP contribution in [0.2, 0.25) is 0 Å². The molecule has 0 aromatic heterocycles. The van der Waals surface area contributed by atoms with E-state index in [1.165, 1.54) is 4.90 Å². The number of nitrogens with one attached hydrogen (secondary N) is 1. The summed E-state index contributed by atoms with van der Waals surface area (Å²) in [6, 6.07) is 13.6. The topological polar surface area (TPSA) is 86.8 Å². The van der Waals surface area contributed by atoms with E-state index in [-0.39, 0.29) is 12.5 Å². The van der Waals surface area contributed by atoms with Crippen LogP contribution in [0, 0.1) is 6.92 Å². The zero-order valence-corrected chi connectivity index (χ0v) is 21.2. The number of amides is 2. The molecule has 0 bridgehead atoms. The molecule has 0 fully saturated rings. The zero-order chi connectivity index (χ0) is 23.9. The summed E-state index contributed by atoms with van der Waals surface area (Å²) in [6.07, 6.45) is 1.84. The third kappa shape index (κ3) is 7.34. The normalized spacial score (nSPS) is 12.2. The number of hydrogen-bond donors (Lipinski definition) is 1. The molecule has 2 aromatic carbocycles. The van der Waals surface area contributed by atoms with Crippen molar-refractivity contribution in [2.75, 3.05) is 23.7 Å². The van der Waals surface area contributed by atoms with Crippen LogP contribution in [-0.2, 0) is 26.2 Å². The average molecular weight is 524 g/mol. The van der Waals surface area contributed by atoms with E-state index in [2.05, 4.69) is 21.2 Å². The van der Waals surface area contributed by atoms with Gasteiger partial charge in [-0.3, -0.25) is 13.9 Å². The van der Waals surface area contributed by atoms with Crippen molar-refractivity contribution in [2.45, 2.75) is 39.8 Å². The highest BCUT2D eigenvalue weighted by Gasteiger charge is 2.30. The Morgan fingerprint density at radius 2 is 1.78 bits per heavy atom. The number of halogens is 1. The molecule has 174 valence electrons. The Bertz CT molecular complexity index is 1040. The fraction of sp³-hybridized carbons (Fsp3) is 0.391. The van der Waals surface area contributed by atoms with E-state index < -0.39 is 28.5 Å². The van der Waals surface area contributed by atoms with E-state index in [0.717, 1.165) is 32.6 Å². The number of aryl methyl sites for hydroxylation is 1. The Morgan fingerprint density at radius 3 is 2.34 bits per heavy atom. The number of nitrogens with zero attached hydrogens (tertiary/aromatic N) is 2. The van der Waals surface area contributed by atoms with Crippen LogP contribution < -0.4 is 9.62 Å². The molecule has 2 aromatic rings. The quantitative estimate of drug-likeness (QED) is 0.516. The van der Waals surface area contributed by atoms with Crippen molar-refractivity contribution in [3.8, 4) is 0 Å². The average Bonchev–Trinajstić information content (AvgIpc) is 2.73. The Balaban J connectivity index is 2.35. The number of anilines is 1. The second-order valence-corrected chi connectivity index (χ2v) is 10.5. The van der Waals surface area contributed by atoms with Gasteiger partial charge in [-0.2, -0.15) is 0 Å². The molecule has 0 heterocycles. The van der Waals surface area contributed by atoms with Gasteiger partial charge in [0.1, 0.15) is 12.6 Å². The van der Waals surface area contributed by atoms with Crippen molar-refractivity contribution >= 4 is 43.5 Å². The van der Waals surface area contributed by atoms with Gasteiger partial charge in [0.15, 0.2) is 0 Å². The molecule has 0 aliphatic carbocycles. The molecular formula is C23H30BrN3O4S. The van der Waals surface area contributed by atoms with Gasteiger partial charge >= 0.3 is 0 Å².